The number of fused-ring (bicyclic) bond motifs is 1. The van der Waals surface area contributed by atoms with E-state index in [1.807, 2.05) is 0 Å². The van der Waals surface area contributed by atoms with Crippen molar-refractivity contribution in [1.29, 1.82) is 0 Å². The first-order valence-electron chi connectivity index (χ1n) is 11.4. The van der Waals surface area contributed by atoms with E-state index in [0.29, 0.717) is 29.1 Å². The van der Waals surface area contributed by atoms with Gasteiger partial charge in [-0.2, -0.15) is 18.3 Å². The van der Waals surface area contributed by atoms with Crippen LogP contribution in [-0.4, -0.2) is 64.5 Å². The van der Waals surface area contributed by atoms with E-state index in [1.165, 1.54) is 30.6 Å². The summed E-state index contributed by atoms with van der Waals surface area (Å²) >= 11 is 0. The van der Waals surface area contributed by atoms with Crippen LogP contribution in [0.15, 0.2) is 30.7 Å². The average molecular weight is 518 g/mol. The predicted molar refractivity (Wildman–Crippen MR) is 126 cm³/mol. The van der Waals surface area contributed by atoms with Gasteiger partial charge in [-0.1, -0.05) is 0 Å². The summed E-state index contributed by atoms with van der Waals surface area (Å²) in [5.41, 5.74) is 2.70. The molecule has 0 aromatic carbocycles. The Balaban J connectivity index is 1.71. The fourth-order valence-electron chi connectivity index (χ4n) is 4.03. The topological polar surface area (TPSA) is 111 Å². The zero-order chi connectivity index (χ0) is 26.7. The minimum absolute atomic E-state index is 0.0592. The Morgan fingerprint density at radius 3 is 2.76 bits per heavy atom. The van der Waals surface area contributed by atoms with E-state index < -0.39 is 18.6 Å². The number of nitrogens with zero attached hydrogens (tertiary/aromatic N) is 5. The van der Waals surface area contributed by atoms with E-state index in [0.717, 1.165) is 4.68 Å². The summed E-state index contributed by atoms with van der Waals surface area (Å²) in [6, 6.07) is 3.30. The lowest BCUT2D eigenvalue weighted by atomic mass is 10.0. The molecule has 196 valence electrons. The van der Waals surface area contributed by atoms with E-state index in [9.17, 15) is 22.8 Å². The fraction of sp³-hybridized carbons (Fsp3) is 0.375. The second-order valence-corrected chi connectivity index (χ2v) is 8.31. The standard InChI is InChI=1S/C24H25F3N6O4/c1-4-28-21(34)17-8-15(9-29-22(17)36-3)18-7-14(2)20-19(31-18)12-37-6-5-33(23(20)35)16-10-30-32(11-16)13-24(25,26)27/h7-11H,4-6,12-13H2,1-3H3,(H,28,34). The van der Waals surface area contributed by atoms with Crippen LogP contribution >= 0.6 is 0 Å². The Hall–Kier alpha value is -4.00. The lowest BCUT2D eigenvalue weighted by Gasteiger charge is -2.26. The van der Waals surface area contributed by atoms with Crippen molar-refractivity contribution in [1.82, 2.24) is 25.1 Å². The number of hydrogen-bond donors (Lipinski definition) is 1. The van der Waals surface area contributed by atoms with Crippen LogP contribution in [0.2, 0.25) is 0 Å². The molecule has 13 heteroatoms. The third-order valence-electron chi connectivity index (χ3n) is 5.64. The van der Waals surface area contributed by atoms with Gasteiger partial charge in [0.2, 0.25) is 5.88 Å². The van der Waals surface area contributed by atoms with Crippen molar-refractivity contribution in [2.45, 2.75) is 33.2 Å². The molecular formula is C24H25F3N6O4. The molecule has 0 aliphatic carbocycles. The van der Waals surface area contributed by atoms with Crippen molar-refractivity contribution in [2.75, 3.05) is 31.7 Å². The summed E-state index contributed by atoms with van der Waals surface area (Å²) in [7, 11) is 1.42. The number of aromatic nitrogens is 4. The molecule has 1 aliphatic heterocycles. The summed E-state index contributed by atoms with van der Waals surface area (Å²) in [4.78, 5) is 36.2. The van der Waals surface area contributed by atoms with Crippen molar-refractivity contribution in [3.8, 4) is 17.1 Å². The molecule has 0 radical (unpaired) electrons. The molecule has 0 fully saturated rings. The highest BCUT2D eigenvalue weighted by Gasteiger charge is 2.30. The normalized spacial score (nSPS) is 14.1. The van der Waals surface area contributed by atoms with Crippen LogP contribution in [0.3, 0.4) is 0 Å². The van der Waals surface area contributed by atoms with E-state index in [1.54, 1.807) is 26.0 Å². The Morgan fingerprint density at radius 2 is 2.05 bits per heavy atom. The lowest BCUT2D eigenvalue weighted by molar-refractivity contribution is -0.142. The van der Waals surface area contributed by atoms with Crippen LogP contribution in [-0.2, 0) is 17.9 Å². The molecule has 1 aliphatic rings. The molecule has 0 atom stereocenters. The van der Waals surface area contributed by atoms with Gasteiger partial charge < -0.3 is 19.7 Å². The van der Waals surface area contributed by atoms with Gasteiger partial charge in [0.05, 0.1) is 49.2 Å². The summed E-state index contributed by atoms with van der Waals surface area (Å²) < 4.78 is 49.9. The molecule has 0 saturated heterocycles. The van der Waals surface area contributed by atoms with E-state index in [-0.39, 0.29) is 48.4 Å². The van der Waals surface area contributed by atoms with Crippen LogP contribution in [0, 0.1) is 6.92 Å². The number of halogens is 3. The second kappa shape index (κ2) is 10.5. The number of ether oxygens (including phenoxy) is 2. The Morgan fingerprint density at radius 1 is 1.27 bits per heavy atom. The van der Waals surface area contributed by atoms with Crippen molar-refractivity contribution in [3.05, 3.63) is 53.1 Å². The molecule has 0 spiro atoms. The minimum atomic E-state index is -4.44. The van der Waals surface area contributed by atoms with Crippen molar-refractivity contribution in [2.24, 2.45) is 0 Å². The number of methoxy groups -OCH3 is 1. The molecule has 3 aromatic rings. The van der Waals surface area contributed by atoms with Gasteiger partial charge >= 0.3 is 6.18 Å². The summed E-state index contributed by atoms with van der Waals surface area (Å²) in [6.45, 7) is 3.03. The largest absolute Gasteiger partial charge is 0.480 e. The number of rotatable bonds is 6. The summed E-state index contributed by atoms with van der Waals surface area (Å²) in [5, 5.41) is 6.46. The number of aryl methyl sites for hydroxylation is 1. The number of anilines is 1. The number of carbonyl (C=O) groups excluding carboxylic acids is 2. The molecule has 3 aromatic heterocycles. The van der Waals surface area contributed by atoms with Crippen LogP contribution in [0.5, 0.6) is 5.88 Å². The molecule has 0 unspecified atom stereocenters. The number of nitrogens with one attached hydrogen (secondary N) is 1. The number of carbonyl (C=O) groups is 2. The number of alkyl halides is 3. The van der Waals surface area contributed by atoms with Gasteiger partial charge in [-0.15, -0.1) is 0 Å². The van der Waals surface area contributed by atoms with Crippen LogP contribution < -0.4 is 15.0 Å². The molecule has 4 rings (SSSR count). The van der Waals surface area contributed by atoms with Crippen molar-refractivity contribution in [3.63, 3.8) is 0 Å². The molecule has 1 N–H and O–H groups in total. The van der Waals surface area contributed by atoms with E-state index in [4.69, 9.17) is 9.47 Å². The number of amides is 2. The van der Waals surface area contributed by atoms with Gasteiger partial charge in [0.15, 0.2) is 0 Å². The smallest absolute Gasteiger partial charge is 0.408 e. The molecule has 0 saturated carbocycles. The highest BCUT2D eigenvalue weighted by Crippen LogP contribution is 2.29. The van der Waals surface area contributed by atoms with Crippen LogP contribution in [0.25, 0.3) is 11.3 Å². The maximum atomic E-state index is 13.5. The van der Waals surface area contributed by atoms with Gasteiger partial charge in [-0.25, -0.2) is 9.97 Å². The summed E-state index contributed by atoms with van der Waals surface area (Å²) in [6.07, 6.45) is -0.532. The predicted octanol–water partition coefficient (Wildman–Crippen LogP) is 3.15. The van der Waals surface area contributed by atoms with Crippen LogP contribution in [0.1, 0.15) is 38.9 Å². The maximum Gasteiger partial charge on any atom is 0.408 e. The first kappa shape index (κ1) is 26.1. The minimum Gasteiger partial charge on any atom is -0.480 e. The molecule has 0 bridgehead atoms. The first-order chi connectivity index (χ1) is 17.6. The monoisotopic (exact) mass is 518 g/mol. The highest BCUT2D eigenvalue weighted by atomic mass is 19.4. The van der Waals surface area contributed by atoms with Gasteiger partial charge in [0, 0.05) is 31.0 Å². The van der Waals surface area contributed by atoms with Crippen LogP contribution in [0.4, 0.5) is 18.9 Å². The van der Waals surface area contributed by atoms with Gasteiger partial charge in [-0.05, 0) is 31.5 Å². The molecule has 10 nitrogen and oxygen atoms in total. The zero-order valence-electron chi connectivity index (χ0n) is 20.4. The molecular weight excluding hydrogens is 493 g/mol. The highest BCUT2D eigenvalue weighted by molar-refractivity contribution is 6.08. The first-order valence-corrected chi connectivity index (χ1v) is 11.4. The van der Waals surface area contributed by atoms with E-state index in [2.05, 4.69) is 20.4 Å². The molecule has 37 heavy (non-hydrogen) atoms. The number of hydrogen-bond acceptors (Lipinski definition) is 7. The summed E-state index contributed by atoms with van der Waals surface area (Å²) in [5.74, 6) is -0.605. The number of pyridine rings is 2. The third-order valence-corrected chi connectivity index (χ3v) is 5.64. The van der Waals surface area contributed by atoms with Gasteiger partial charge in [-0.3, -0.25) is 14.3 Å². The average Bonchev–Trinajstić information content (AvgIpc) is 3.28. The lowest BCUT2D eigenvalue weighted by Crippen LogP contribution is -2.37. The van der Waals surface area contributed by atoms with Crippen molar-refractivity contribution < 1.29 is 32.2 Å². The SMILES string of the molecule is CCNC(=O)c1cc(-c2cc(C)c3c(n2)COCCN(c2cnn(CC(F)(F)F)c2)C3=O)cnc1OC. The quantitative estimate of drug-likeness (QED) is 0.534. The molecule has 2 amide bonds. The maximum absolute atomic E-state index is 13.5. The Labute approximate surface area is 210 Å². The zero-order valence-corrected chi connectivity index (χ0v) is 20.4. The van der Waals surface area contributed by atoms with Gasteiger partial charge in [0.25, 0.3) is 11.8 Å². The molecule has 4 heterocycles. The fourth-order valence-corrected chi connectivity index (χ4v) is 4.03. The third kappa shape index (κ3) is 5.71. The Bertz CT molecular complexity index is 1320. The van der Waals surface area contributed by atoms with E-state index >= 15 is 0 Å². The van der Waals surface area contributed by atoms with Crippen molar-refractivity contribution >= 4 is 17.5 Å². The Kier molecular flexibility index (Phi) is 7.43. The second-order valence-electron chi connectivity index (χ2n) is 8.31. The van der Waals surface area contributed by atoms with Gasteiger partial charge in [0.1, 0.15) is 12.1 Å².